The van der Waals surface area contributed by atoms with Crippen LogP contribution < -0.4 is 10.6 Å². The zero-order chi connectivity index (χ0) is 11.7. The normalized spacial score (nSPS) is 15.8. The van der Waals surface area contributed by atoms with Gasteiger partial charge in [-0.05, 0) is 34.1 Å². The Morgan fingerprint density at radius 3 is 2.25 bits per heavy atom. The van der Waals surface area contributed by atoms with Crippen molar-refractivity contribution in [2.45, 2.75) is 0 Å². The van der Waals surface area contributed by atoms with Gasteiger partial charge in [-0.25, -0.2) is 4.79 Å². The summed E-state index contributed by atoms with van der Waals surface area (Å²) >= 11 is 3.09. The Kier molecular flexibility index (Phi) is 2.61. The quantitative estimate of drug-likeness (QED) is 0.590. The summed E-state index contributed by atoms with van der Waals surface area (Å²) in [5, 5.41) is 3.91. The van der Waals surface area contributed by atoms with Gasteiger partial charge in [0.25, 0.3) is 11.8 Å². The second-order valence-electron chi connectivity index (χ2n) is 2.94. The molecule has 0 radical (unpaired) electrons. The summed E-state index contributed by atoms with van der Waals surface area (Å²) in [7, 11) is 0. The Labute approximate surface area is 97.8 Å². The van der Waals surface area contributed by atoms with E-state index in [-0.39, 0.29) is 5.57 Å². The van der Waals surface area contributed by atoms with Gasteiger partial charge in [-0.15, -0.1) is 0 Å². The largest absolute Gasteiger partial charge is 0.450 e. The number of hydrogen-bond acceptors (Lipinski definition) is 4. The first-order valence-electron chi connectivity index (χ1n) is 4.20. The zero-order valence-electron chi connectivity index (χ0n) is 7.74. The first-order chi connectivity index (χ1) is 7.56. The highest BCUT2D eigenvalue weighted by Gasteiger charge is 2.27. The number of barbiturate groups is 1. The summed E-state index contributed by atoms with van der Waals surface area (Å²) in [6.07, 6.45) is 1.25. The molecule has 0 atom stereocenters. The molecular weight excluding hydrogens is 280 g/mol. The molecule has 1 aromatic rings. The number of rotatable bonds is 1. The molecule has 7 heteroatoms. The van der Waals surface area contributed by atoms with Crippen LogP contribution in [0.4, 0.5) is 4.79 Å². The maximum Gasteiger partial charge on any atom is 0.328 e. The molecule has 2 N–H and O–H groups in total. The highest BCUT2D eigenvalue weighted by molar-refractivity contribution is 9.10. The van der Waals surface area contributed by atoms with Gasteiger partial charge in [-0.3, -0.25) is 20.2 Å². The molecule has 1 fully saturated rings. The van der Waals surface area contributed by atoms with Crippen LogP contribution >= 0.6 is 15.9 Å². The van der Waals surface area contributed by atoms with Crippen LogP contribution in [0.5, 0.6) is 0 Å². The van der Waals surface area contributed by atoms with E-state index in [1.165, 1.54) is 6.08 Å². The Morgan fingerprint density at radius 2 is 1.75 bits per heavy atom. The summed E-state index contributed by atoms with van der Waals surface area (Å²) in [4.78, 5) is 33.4. The predicted octanol–water partition coefficient (Wildman–Crippen LogP) is 0.791. The van der Waals surface area contributed by atoms with Gasteiger partial charge in [-0.2, -0.15) is 0 Å². The van der Waals surface area contributed by atoms with Gasteiger partial charge in [0.05, 0.1) is 0 Å². The van der Waals surface area contributed by atoms with E-state index in [1.807, 2.05) is 10.6 Å². The number of urea groups is 1. The highest BCUT2D eigenvalue weighted by atomic mass is 79.9. The third-order valence-corrected chi connectivity index (χ3v) is 2.25. The number of carbonyl (C=O) groups is 3. The monoisotopic (exact) mass is 284 g/mol. The molecule has 6 nitrogen and oxygen atoms in total. The van der Waals surface area contributed by atoms with Gasteiger partial charge in [-0.1, -0.05) is 0 Å². The standard InChI is InChI=1S/C9H5BrN2O4/c10-6-2-1-4(16-6)3-5-7(13)11-9(15)12-8(5)14/h1-3H,(H2,11,12,13,14,15). The van der Waals surface area contributed by atoms with E-state index in [9.17, 15) is 14.4 Å². The fourth-order valence-corrected chi connectivity index (χ4v) is 1.47. The Bertz CT molecular complexity index is 495. The number of furan rings is 1. The molecule has 1 aliphatic heterocycles. The van der Waals surface area contributed by atoms with Crippen molar-refractivity contribution in [1.29, 1.82) is 0 Å². The Hall–Kier alpha value is -1.89. The van der Waals surface area contributed by atoms with Gasteiger partial charge in [0.15, 0.2) is 4.67 Å². The second-order valence-corrected chi connectivity index (χ2v) is 3.72. The van der Waals surface area contributed by atoms with Crippen molar-refractivity contribution in [3.8, 4) is 0 Å². The average molecular weight is 285 g/mol. The van der Waals surface area contributed by atoms with E-state index in [0.717, 1.165) is 0 Å². The second kappa shape index (κ2) is 3.93. The van der Waals surface area contributed by atoms with E-state index < -0.39 is 17.8 Å². The lowest BCUT2D eigenvalue weighted by Gasteiger charge is -2.13. The lowest BCUT2D eigenvalue weighted by Crippen LogP contribution is -2.51. The van der Waals surface area contributed by atoms with E-state index in [2.05, 4.69) is 15.9 Å². The number of imide groups is 2. The fourth-order valence-electron chi connectivity index (χ4n) is 1.15. The summed E-state index contributed by atoms with van der Waals surface area (Å²) < 4.78 is 5.58. The van der Waals surface area contributed by atoms with Crippen LogP contribution in [0.25, 0.3) is 6.08 Å². The lowest BCUT2D eigenvalue weighted by molar-refractivity contribution is -0.123. The van der Waals surface area contributed by atoms with Gasteiger partial charge in [0.1, 0.15) is 11.3 Å². The zero-order valence-corrected chi connectivity index (χ0v) is 9.33. The molecule has 82 valence electrons. The minimum absolute atomic E-state index is 0.179. The molecular formula is C9H5BrN2O4. The van der Waals surface area contributed by atoms with Crippen LogP contribution in [0.15, 0.2) is 26.8 Å². The number of halogens is 1. The van der Waals surface area contributed by atoms with Crippen LogP contribution in [0.2, 0.25) is 0 Å². The van der Waals surface area contributed by atoms with E-state index >= 15 is 0 Å². The van der Waals surface area contributed by atoms with Crippen molar-refractivity contribution in [3.05, 3.63) is 28.1 Å². The number of hydrogen-bond donors (Lipinski definition) is 2. The predicted molar refractivity (Wildman–Crippen MR) is 56.1 cm³/mol. The molecule has 1 aromatic heterocycles. The Morgan fingerprint density at radius 1 is 1.12 bits per heavy atom. The van der Waals surface area contributed by atoms with Crippen LogP contribution in [0, 0.1) is 0 Å². The third-order valence-electron chi connectivity index (χ3n) is 1.82. The lowest BCUT2D eigenvalue weighted by atomic mass is 10.1. The van der Waals surface area contributed by atoms with Crippen molar-refractivity contribution in [2.75, 3.05) is 0 Å². The minimum atomic E-state index is -0.826. The van der Waals surface area contributed by atoms with E-state index in [1.54, 1.807) is 12.1 Å². The molecule has 0 unspecified atom stereocenters. The molecule has 0 bridgehead atoms. The molecule has 1 saturated heterocycles. The van der Waals surface area contributed by atoms with Gasteiger partial charge in [0.2, 0.25) is 0 Å². The van der Waals surface area contributed by atoms with Gasteiger partial charge >= 0.3 is 6.03 Å². The summed E-state index contributed by atoms with van der Waals surface area (Å²) in [5.74, 6) is -1.16. The molecule has 1 aliphatic rings. The first-order valence-corrected chi connectivity index (χ1v) is 4.99. The minimum Gasteiger partial charge on any atom is -0.450 e. The van der Waals surface area contributed by atoms with E-state index in [4.69, 9.17) is 4.42 Å². The molecule has 16 heavy (non-hydrogen) atoms. The molecule has 2 rings (SSSR count). The number of amides is 4. The van der Waals surface area contributed by atoms with Crippen LogP contribution in [-0.2, 0) is 9.59 Å². The van der Waals surface area contributed by atoms with Crippen molar-refractivity contribution in [2.24, 2.45) is 0 Å². The molecule has 4 amide bonds. The summed E-state index contributed by atoms with van der Waals surface area (Å²) in [6, 6.07) is 2.37. The maximum absolute atomic E-state index is 11.3. The summed E-state index contributed by atoms with van der Waals surface area (Å²) in [5.41, 5.74) is -0.179. The van der Waals surface area contributed by atoms with Crippen molar-refractivity contribution >= 4 is 39.9 Å². The van der Waals surface area contributed by atoms with Crippen molar-refractivity contribution in [1.82, 2.24) is 10.6 Å². The molecule has 0 spiro atoms. The summed E-state index contributed by atoms with van der Waals surface area (Å²) in [6.45, 7) is 0. The maximum atomic E-state index is 11.3. The SMILES string of the molecule is O=C1NC(=O)C(=Cc2ccc(Br)o2)C(=O)N1. The molecule has 2 heterocycles. The fraction of sp³-hybridized carbons (Fsp3) is 0. The Balaban J connectivity index is 2.32. The topological polar surface area (TPSA) is 88.4 Å². The number of carbonyl (C=O) groups excluding carboxylic acids is 3. The van der Waals surface area contributed by atoms with Crippen molar-refractivity contribution < 1.29 is 18.8 Å². The molecule has 0 aromatic carbocycles. The average Bonchev–Trinajstić information content (AvgIpc) is 2.58. The van der Waals surface area contributed by atoms with Crippen LogP contribution in [0.1, 0.15) is 5.76 Å². The van der Waals surface area contributed by atoms with Crippen molar-refractivity contribution in [3.63, 3.8) is 0 Å². The van der Waals surface area contributed by atoms with Crippen LogP contribution in [0.3, 0.4) is 0 Å². The van der Waals surface area contributed by atoms with Gasteiger partial charge < -0.3 is 4.42 Å². The van der Waals surface area contributed by atoms with Crippen LogP contribution in [-0.4, -0.2) is 17.8 Å². The van der Waals surface area contributed by atoms with Gasteiger partial charge in [0, 0.05) is 0 Å². The first kappa shape index (κ1) is 10.6. The third kappa shape index (κ3) is 2.03. The molecule has 0 aliphatic carbocycles. The molecule has 0 saturated carbocycles. The van der Waals surface area contributed by atoms with E-state index in [0.29, 0.717) is 10.4 Å². The smallest absolute Gasteiger partial charge is 0.328 e. The number of nitrogens with one attached hydrogen (secondary N) is 2. The highest BCUT2D eigenvalue weighted by Crippen LogP contribution is 2.17.